The van der Waals surface area contributed by atoms with Crippen molar-refractivity contribution in [3.05, 3.63) is 30.3 Å². The van der Waals surface area contributed by atoms with Gasteiger partial charge < -0.3 is 5.32 Å². The van der Waals surface area contributed by atoms with E-state index >= 15 is 0 Å². The Bertz CT molecular complexity index is 500. The van der Waals surface area contributed by atoms with Crippen LogP contribution < -0.4 is 5.32 Å². The van der Waals surface area contributed by atoms with Crippen molar-refractivity contribution in [2.45, 2.75) is 17.4 Å². The van der Waals surface area contributed by atoms with Gasteiger partial charge in [0.05, 0.1) is 4.90 Å². The SMILES string of the molecule is O=S(=O)(c1ccccc1)N1CC[C@H]2CNC[C@H]21. The van der Waals surface area contributed by atoms with Crippen molar-refractivity contribution >= 4 is 10.0 Å². The number of benzene rings is 1. The van der Waals surface area contributed by atoms with Crippen LogP contribution >= 0.6 is 0 Å². The standard InChI is InChI=1S/C12H16N2O2S/c15-17(16,11-4-2-1-3-5-11)14-7-6-10-8-13-9-12(10)14/h1-5,10,12-13H,6-9H2/t10-,12+/m0/s1. The molecule has 92 valence electrons. The molecule has 2 aliphatic heterocycles. The summed E-state index contributed by atoms with van der Waals surface area (Å²) in [5, 5.41) is 3.27. The average molecular weight is 252 g/mol. The Hall–Kier alpha value is -0.910. The van der Waals surface area contributed by atoms with Gasteiger partial charge in [-0.1, -0.05) is 18.2 Å². The van der Waals surface area contributed by atoms with E-state index in [1.165, 1.54) is 0 Å². The fourth-order valence-corrected chi connectivity index (χ4v) is 4.56. The smallest absolute Gasteiger partial charge is 0.243 e. The van der Waals surface area contributed by atoms with Gasteiger partial charge in [0.25, 0.3) is 0 Å². The van der Waals surface area contributed by atoms with Crippen LogP contribution in [-0.4, -0.2) is 38.4 Å². The van der Waals surface area contributed by atoms with E-state index in [2.05, 4.69) is 5.32 Å². The Kier molecular flexibility index (Phi) is 2.69. The van der Waals surface area contributed by atoms with Crippen LogP contribution in [0.25, 0.3) is 0 Å². The molecule has 2 atom stereocenters. The third-order valence-corrected chi connectivity index (χ3v) is 5.68. The average Bonchev–Trinajstić information content (AvgIpc) is 2.91. The molecule has 2 aliphatic rings. The second-order valence-corrected chi connectivity index (χ2v) is 6.59. The Labute approximate surface area is 102 Å². The van der Waals surface area contributed by atoms with Crippen LogP contribution in [0.1, 0.15) is 6.42 Å². The maximum Gasteiger partial charge on any atom is 0.243 e. The van der Waals surface area contributed by atoms with Crippen molar-refractivity contribution in [1.82, 2.24) is 9.62 Å². The summed E-state index contributed by atoms with van der Waals surface area (Å²) >= 11 is 0. The van der Waals surface area contributed by atoms with E-state index in [9.17, 15) is 8.42 Å². The maximum atomic E-state index is 12.5. The molecule has 0 aliphatic carbocycles. The first-order valence-electron chi connectivity index (χ1n) is 5.97. The molecule has 3 rings (SSSR count). The van der Waals surface area contributed by atoms with Gasteiger partial charge in [0.15, 0.2) is 0 Å². The molecule has 0 aromatic heterocycles. The molecule has 0 spiro atoms. The molecule has 0 amide bonds. The molecule has 17 heavy (non-hydrogen) atoms. The van der Waals surface area contributed by atoms with E-state index in [0.717, 1.165) is 19.5 Å². The minimum Gasteiger partial charge on any atom is -0.315 e. The highest BCUT2D eigenvalue weighted by molar-refractivity contribution is 7.89. The molecule has 0 unspecified atom stereocenters. The molecule has 0 saturated carbocycles. The zero-order chi connectivity index (χ0) is 11.9. The van der Waals surface area contributed by atoms with E-state index in [1.54, 1.807) is 28.6 Å². The molecule has 4 nitrogen and oxygen atoms in total. The van der Waals surface area contributed by atoms with E-state index in [4.69, 9.17) is 0 Å². The van der Waals surface area contributed by atoms with Gasteiger partial charge in [-0.15, -0.1) is 0 Å². The number of sulfonamides is 1. The van der Waals surface area contributed by atoms with Gasteiger partial charge in [-0.25, -0.2) is 8.42 Å². The molecule has 1 N–H and O–H groups in total. The molecule has 1 aromatic rings. The van der Waals surface area contributed by atoms with E-state index in [0.29, 0.717) is 17.4 Å². The first kappa shape index (κ1) is 11.2. The molecule has 2 heterocycles. The quantitative estimate of drug-likeness (QED) is 0.841. The Balaban J connectivity index is 1.94. The Morgan fingerprint density at radius 3 is 2.71 bits per heavy atom. The second kappa shape index (κ2) is 4.08. The number of hydrogen-bond donors (Lipinski definition) is 1. The normalized spacial score (nSPS) is 29.4. The summed E-state index contributed by atoms with van der Waals surface area (Å²) in [6.07, 6.45) is 0.976. The summed E-state index contributed by atoms with van der Waals surface area (Å²) in [7, 11) is -3.30. The van der Waals surface area contributed by atoms with Gasteiger partial charge in [0.1, 0.15) is 0 Å². The molecule has 2 fully saturated rings. The number of fused-ring (bicyclic) bond motifs is 1. The Morgan fingerprint density at radius 1 is 1.18 bits per heavy atom. The van der Waals surface area contributed by atoms with Gasteiger partial charge in [-0.05, 0) is 31.0 Å². The highest BCUT2D eigenvalue weighted by Crippen LogP contribution is 2.31. The summed E-state index contributed by atoms with van der Waals surface area (Å²) in [4.78, 5) is 0.410. The van der Waals surface area contributed by atoms with E-state index < -0.39 is 10.0 Å². The van der Waals surface area contributed by atoms with Crippen LogP contribution in [0, 0.1) is 5.92 Å². The van der Waals surface area contributed by atoms with Crippen LogP contribution in [0.5, 0.6) is 0 Å². The van der Waals surface area contributed by atoms with E-state index in [-0.39, 0.29) is 6.04 Å². The fourth-order valence-electron chi connectivity index (χ4n) is 2.84. The maximum absolute atomic E-state index is 12.5. The fraction of sp³-hybridized carbons (Fsp3) is 0.500. The predicted octanol–water partition coefficient (Wildman–Crippen LogP) is 0.669. The molecular weight excluding hydrogens is 236 g/mol. The van der Waals surface area contributed by atoms with Gasteiger partial charge in [-0.3, -0.25) is 0 Å². The number of nitrogens with one attached hydrogen (secondary N) is 1. The van der Waals surface area contributed by atoms with Crippen LogP contribution in [-0.2, 0) is 10.0 Å². The minimum atomic E-state index is -3.30. The van der Waals surface area contributed by atoms with Crippen molar-refractivity contribution in [1.29, 1.82) is 0 Å². The van der Waals surface area contributed by atoms with Gasteiger partial charge >= 0.3 is 0 Å². The third kappa shape index (κ3) is 1.78. The third-order valence-electron chi connectivity index (χ3n) is 3.74. The summed E-state index contributed by atoms with van der Waals surface area (Å²) in [5.41, 5.74) is 0. The topological polar surface area (TPSA) is 49.4 Å². The molecule has 0 radical (unpaired) electrons. The predicted molar refractivity (Wildman–Crippen MR) is 65.1 cm³/mol. The number of nitrogens with zero attached hydrogens (tertiary/aromatic N) is 1. The van der Waals surface area contributed by atoms with Crippen molar-refractivity contribution in [3.63, 3.8) is 0 Å². The van der Waals surface area contributed by atoms with Crippen molar-refractivity contribution < 1.29 is 8.42 Å². The Morgan fingerprint density at radius 2 is 1.94 bits per heavy atom. The zero-order valence-corrected chi connectivity index (χ0v) is 10.4. The molecular formula is C12H16N2O2S. The van der Waals surface area contributed by atoms with Crippen LogP contribution in [0.15, 0.2) is 35.2 Å². The van der Waals surface area contributed by atoms with Gasteiger partial charge in [0, 0.05) is 19.1 Å². The van der Waals surface area contributed by atoms with Crippen molar-refractivity contribution in [2.24, 2.45) is 5.92 Å². The lowest BCUT2D eigenvalue weighted by Gasteiger charge is -2.22. The van der Waals surface area contributed by atoms with Crippen LogP contribution in [0.3, 0.4) is 0 Å². The number of rotatable bonds is 2. The lowest BCUT2D eigenvalue weighted by atomic mass is 10.1. The largest absolute Gasteiger partial charge is 0.315 e. The first-order valence-corrected chi connectivity index (χ1v) is 7.41. The summed E-state index contributed by atoms with van der Waals surface area (Å²) in [5.74, 6) is 0.494. The lowest BCUT2D eigenvalue weighted by molar-refractivity contribution is 0.383. The van der Waals surface area contributed by atoms with Crippen molar-refractivity contribution in [2.75, 3.05) is 19.6 Å². The zero-order valence-electron chi connectivity index (χ0n) is 9.54. The van der Waals surface area contributed by atoms with Crippen LogP contribution in [0.2, 0.25) is 0 Å². The molecule has 1 aromatic carbocycles. The molecule has 5 heteroatoms. The highest BCUT2D eigenvalue weighted by atomic mass is 32.2. The first-order chi connectivity index (χ1) is 8.19. The highest BCUT2D eigenvalue weighted by Gasteiger charge is 2.43. The van der Waals surface area contributed by atoms with Crippen molar-refractivity contribution in [3.8, 4) is 0 Å². The molecule has 0 bridgehead atoms. The van der Waals surface area contributed by atoms with Gasteiger partial charge in [0.2, 0.25) is 10.0 Å². The molecule has 2 saturated heterocycles. The monoisotopic (exact) mass is 252 g/mol. The summed E-state index contributed by atoms with van der Waals surface area (Å²) in [6.45, 7) is 2.40. The van der Waals surface area contributed by atoms with E-state index in [1.807, 2.05) is 6.07 Å². The number of hydrogen-bond acceptors (Lipinski definition) is 3. The summed E-state index contributed by atoms with van der Waals surface area (Å²) in [6, 6.07) is 8.87. The summed E-state index contributed by atoms with van der Waals surface area (Å²) < 4.78 is 26.6. The minimum absolute atomic E-state index is 0.153. The second-order valence-electron chi connectivity index (χ2n) is 4.70. The van der Waals surface area contributed by atoms with Gasteiger partial charge in [-0.2, -0.15) is 4.31 Å². The lowest BCUT2D eigenvalue weighted by Crippen LogP contribution is -2.38. The van der Waals surface area contributed by atoms with Crippen LogP contribution in [0.4, 0.5) is 0 Å².